The number of hydrogen-bond donors (Lipinski definition) is 7. The van der Waals surface area contributed by atoms with E-state index in [1.165, 1.54) is 0 Å². The maximum atomic E-state index is 10.1. The van der Waals surface area contributed by atoms with E-state index in [9.17, 15) is 35.7 Å². The van der Waals surface area contributed by atoms with Crippen molar-refractivity contribution in [1.29, 1.82) is 0 Å². The molecule has 0 amide bonds. The summed E-state index contributed by atoms with van der Waals surface area (Å²) in [4.78, 5) is 0. The largest absolute Gasteiger partial charge is 0.388 e. The van der Waals surface area contributed by atoms with Gasteiger partial charge in [-0.3, -0.25) is 0 Å². The van der Waals surface area contributed by atoms with Crippen LogP contribution in [0, 0.1) is 0 Å². The predicted octanol–water partition coefficient (Wildman–Crippen LogP) is -4.69. The minimum atomic E-state index is -1.58. The molecule has 2 saturated heterocycles. The molecule has 0 radical (unpaired) electrons. The van der Waals surface area contributed by atoms with Crippen LogP contribution in [0.3, 0.4) is 0 Å². The monoisotopic (exact) mass is 296 g/mol. The summed E-state index contributed by atoms with van der Waals surface area (Å²) in [5, 5.41) is 67.3. The fourth-order valence-electron chi connectivity index (χ4n) is 2.45. The van der Waals surface area contributed by atoms with Crippen LogP contribution in [0.2, 0.25) is 0 Å². The third kappa shape index (κ3) is 2.82. The first kappa shape index (κ1) is 16.0. The van der Waals surface area contributed by atoms with Crippen molar-refractivity contribution in [2.24, 2.45) is 0 Å². The van der Waals surface area contributed by atoms with Crippen molar-refractivity contribution in [3.63, 3.8) is 0 Å². The normalized spacial score (nSPS) is 50.4. The lowest BCUT2D eigenvalue weighted by Gasteiger charge is -2.43. The van der Waals surface area contributed by atoms with Crippen LogP contribution in [0.1, 0.15) is 0 Å². The van der Waals surface area contributed by atoms with Gasteiger partial charge in [0, 0.05) is 0 Å². The van der Waals surface area contributed by atoms with Crippen LogP contribution in [0.5, 0.6) is 0 Å². The van der Waals surface area contributed by atoms with E-state index >= 15 is 0 Å². The second-order valence-corrected chi connectivity index (χ2v) is 5.18. The number of aliphatic hydroxyl groups is 7. The Bertz CT molecular complexity index is 297. The molecule has 9 heteroatoms. The Morgan fingerprint density at radius 1 is 0.650 bits per heavy atom. The Kier molecular flexibility index (Phi) is 4.95. The van der Waals surface area contributed by atoms with E-state index in [1.54, 1.807) is 0 Å². The third-order valence-corrected chi connectivity index (χ3v) is 3.75. The molecule has 9 nitrogen and oxygen atoms in total. The quantitative estimate of drug-likeness (QED) is 0.265. The first-order valence-corrected chi connectivity index (χ1v) is 6.34. The highest BCUT2D eigenvalue weighted by molar-refractivity contribution is 4.98. The Hall–Kier alpha value is -0.360. The van der Waals surface area contributed by atoms with Crippen LogP contribution in [0.25, 0.3) is 0 Å². The average Bonchev–Trinajstić information content (AvgIpc) is 2.42. The van der Waals surface area contributed by atoms with Gasteiger partial charge in [-0.2, -0.15) is 0 Å². The standard InChI is InChI=1S/C11H20O9/c12-3-1-19-10(7(16)5(3)14)9(18)11-8(17)6(15)4(13)2-20-11/h3-18H,1-2H2/t3-,4-,5+,6+,7-,8-,10-,11-/m1/s1. The zero-order valence-corrected chi connectivity index (χ0v) is 10.6. The van der Waals surface area contributed by atoms with E-state index in [0.717, 1.165) is 0 Å². The van der Waals surface area contributed by atoms with Gasteiger partial charge in [0.15, 0.2) is 0 Å². The lowest BCUT2D eigenvalue weighted by atomic mass is 9.88. The number of aliphatic hydroxyl groups excluding tert-OH is 7. The molecule has 2 rings (SSSR count). The molecule has 2 heterocycles. The molecular formula is C11H20O9. The fraction of sp³-hybridized carbons (Fsp3) is 1.00. The molecular weight excluding hydrogens is 276 g/mol. The van der Waals surface area contributed by atoms with E-state index < -0.39 is 54.9 Å². The molecule has 8 atom stereocenters. The van der Waals surface area contributed by atoms with Gasteiger partial charge in [-0.25, -0.2) is 0 Å². The molecule has 0 unspecified atom stereocenters. The summed E-state index contributed by atoms with van der Waals surface area (Å²) in [6.45, 7) is -0.595. The van der Waals surface area contributed by atoms with Gasteiger partial charge < -0.3 is 45.2 Å². The van der Waals surface area contributed by atoms with Crippen LogP contribution in [-0.2, 0) is 9.47 Å². The van der Waals surface area contributed by atoms with Gasteiger partial charge in [-0.15, -0.1) is 0 Å². The molecule has 0 bridgehead atoms. The third-order valence-electron chi connectivity index (χ3n) is 3.75. The summed E-state index contributed by atoms with van der Waals surface area (Å²) in [6, 6.07) is 0. The van der Waals surface area contributed by atoms with Gasteiger partial charge in [0.25, 0.3) is 0 Å². The van der Waals surface area contributed by atoms with Crippen molar-refractivity contribution in [2.75, 3.05) is 13.2 Å². The molecule has 0 aromatic heterocycles. The van der Waals surface area contributed by atoms with Crippen LogP contribution in [-0.4, -0.2) is 104 Å². The topological polar surface area (TPSA) is 160 Å². The zero-order valence-electron chi connectivity index (χ0n) is 10.6. The highest BCUT2D eigenvalue weighted by Crippen LogP contribution is 2.25. The first-order valence-electron chi connectivity index (χ1n) is 6.34. The molecule has 0 aliphatic carbocycles. The van der Waals surface area contributed by atoms with E-state index in [2.05, 4.69) is 0 Å². The lowest BCUT2D eigenvalue weighted by Crippen LogP contribution is -2.64. The van der Waals surface area contributed by atoms with Gasteiger partial charge in [0.2, 0.25) is 0 Å². The molecule has 0 aromatic rings. The van der Waals surface area contributed by atoms with Gasteiger partial charge in [-0.05, 0) is 0 Å². The summed E-state index contributed by atoms with van der Waals surface area (Å²) < 4.78 is 10.1. The van der Waals surface area contributed by atoms with Crippen LogP contribution >= 0.6 is 0 Å². The Morgan fingerprint density at radius 3 is 1.35 bits per heavy atom. The van der Waals surface area contributed by atoms with Crippen LogP contribution in [0.15, 0.2) is 0 Å². The predicted molar refractivity (Wildman–Crippen MR) is 61.5 cm³/mol. The average molecular weight is 296 g/mol. The van der Waals surface area contributed by atoms with Crippen molar-refractivity contribution in [2.45, 2.75) is 54.9 Å². The molecule has 118 valence electrons. The zero-order chi connectivity index (χ0) is 15.0. The summed E-state index contributed by atoms with van der Waals surface area (Å²) in [5.74, 6) is 0. The van der Waals surface area contributed by atoms with Crippen LogP contribution in [0.4, 0.5) is 0 Å². The van der Waals surface area contributed by atoms with Gasteiger partial charge in [0.1, 0.15) is 54.9 Å². The van der Waals surface area contributed by atoms with E-state index in [4.69, 9.17) is 9.47 Å². The Labute approximate surface area is 114 Å². The summed E-state index contributed by atoms with van der Waals surface area (Å²) in [7, 11) is 0. The van der Waals surface area contributed by atoms with Crippen LogP contribution < -0.4 is 0 Å². The molecule has 2 fully saturated rings. The van der Waals surface area contributed by atoms with Crippen molar-refractivity contribution in [1.82, 2.24) is 0 Å². The Morgan fingerprint density at radius 2 is 1.00 bits per heavy atom. The van der Waals surface area contributed by atoms with Gasteiger partial charge >= 0.3 is 0 Å². The molecule has 2 aliphatic heterocycles. The van der Waals surface area contributed by atoms with Crippen molar-refractivity contribution < 1.29 is 45.2 Å². The molecule has 0 spiro atoms. The number of ether oxygens (including phenoxy) is 2. The molecule has 0 saturated carbocycles. The summed E-state index contributed by atoms with van der Waals surface area (Å²) >= 11 is 0. The van der Waals surface area contributed by atoms with E-state index in [-0.39, 0.29) is 13.2 Å². The number of hydrogen-bond acceptors (Lipinski definition) is 9. The summed E-state index contributed by atoms with van der Waals surface area (Å²) in [5.41, 5.74) is 0. The SMILES string of the molecule is OC([C@@H]1OC[C@@H](O)[C@H](O)[C@H]1O)[C@@H]1OC[C@@H](O)[C@H](O)[C@H]1O. The summed E-state index contributed by atoms with van der Waals surface area (Å²) in [6.07, 6.45) is -12.9. The molecule has 0 aromatic carbocycles. The minimum absolute atomic E-state index is 0.298. The fourth-order valence-corrected chi connectivity index (χ4v) is 2.45. The Balaban J connectivity index is 2.05. The molecule has 7 N–H and O–H groups in total. The van der Waals surface area contributed by atoms with Gasteiger partial charge in [0.05, 0.1) is 13.2 Å². The van der Waals surface area contributed by atoms with E-state index in [1.807, 2.05) is 0 Å². The van der Waals surface area contributed by atoms with Crippen molar-refractivity contribution in [3.8, 4) is 0 Å². The van der Waals surface area contributed by atoms with Crippen molar-refractivity contribution in [3.05, 3.63) is 0 Å². The second kappa shape index (κ2) is 6.18. The minimum Gasteiger partial charge on any atom is -0.388 e. The highest BCUT2D eigenvalue weighted by atomic mass is 16.6. The second-order valence-electron chi connectivity index (χ2n) is 5.18. The van der Waals surface area contributed by atoms with Gasteiger partial charge in [-0.1, -0.05) is 0 Å². The maximum absolute atomic E-state index is 10.1. The smallest absolute Gasteiger partial charge is 0.115 e. The molecule has 2 aliphatic rings. The lowest BCUT2D eigenvalue weighted by molar-refractivity contribution is -0.258. The number of rotatable bonds is 2. The van der Waals surface area contributed by atoms with E-state index in [0.29, 0.717) is 0 Å². The maximum Gasteiger partial charge on any atom is 0.115 e. The highest BCUT2D eigenvalue weighted by Gasteiger charge is 2.48. The van der Waals surface area contributed by atoms with Crippen molar-refractivity contribution >= 4 is 0 Å². The molecule has 20 heavy (non-hydrogen) atoms. The first-order chi connectivity index (χ1) is 9.34.